The van der Waals surface area contributed by atoms with Gasteiger partial charge in [-0.3, -0.25) is 9.88 Å². The summed E-state index contributed by atoms with van der Waals surface area (Å²) in [7, 11) is 0. The number of aliphatic hydroxyl groups excluding tert-OH is 1. The molecule has 112 valence electrons. The van der Waals surface area contributed by atoms with E-state index >= 15 is 0 Å². The summed E-state index contributed by atoms with van der Waals surface area (Å²) in [5, 5.41) is 13.2. The summed E-state index contributed by atoms with van der Waals surface area (Å²) in [6, 6.07) is 4.18. The Bertz CT molecular complexity index is 556. The Morgan fingerprint density at radius 1 is 1.38 bits per heavy atom. The molecule has 0 radical (unpaired) electrons. The van der Waals surface area contributed by atoms with Crippen LogP contribution in [-0.2, 0) is 6.54 Å². The first-order chi connectivity index (χ1) is 10.4. The number of pyridine rings is 1. The quantitative estimate of drug-likeness (QED) is 0.905. The molecule has 1 aliphatic heterocycles. The van der Waals surface area contributed by atoms with Gasteiger partial charge in [0, 0.05) is 30.6 Å². The summed E-state index contributed by atoms with van der Waals surface area (Å²) in [6.45, 7) is 1.90. The van der Waals surface area contributed by atoms with E-state index in [4.69, 9.17) is 4.52 Å². The first-order valence-corrected chi connectivity index (χ1v) is 7.44. The normalized spacial score (nSPS) is 19.8. The smallest absolute Gasteiger partial charge is 0.241 e. The van der Waals surface area contributed by atoms with Crippen molar-refractivity contribution in [3.8, 4) is 11.4 Å². The number of likely N-dealkylation sites (tertiary alicyclic amines) is 1. The molecule has 0 aliphatic carbocycles. The zero-order valence-corrected chi connectivity index (χ0v) is 12.0. The fourth-order valence-electron chi connectivity index (χ4n) is 2.85. The van der Waals surface area contributed by atoms with Gasteiger partial charge in [-0.15, -0.1) is 0 Å². The number of rotatable bonds is 5. The second kappa shape index (κ2) is 6.78. The van der Waals surface area contributed by atoms with Crippen molar-refractivity contribution in [3.05, 3.63) is 30.4 Å². The lowest BCUT2D eigenvalue weighted by molar-refractivity contribution is 0.100. The number of hydrogen-bond acceptors (Lipinski definition) is 6. The Kier molecular flexibility index (Phi) is 4.57. The maximum atomic E-state index is 9.17. The Hall–Kier alpha value is -1.79. The summed E-state index contributed by atoms with van der Waals surface area (Å²) >= 11 is 0. The van der Waals surface area contributed by atoms with Crippen LogP contribution in [0.15, 0.2) is 29.0 Å². The van der Waals surface area contributed by atoms with Crippen molar-refractivity contribution in [3.63, 3.8) is 0 Å². The third kappa shape index (κ3) is 3.46. The molecule has 3 heterocycles. The Balaban J connectivity index is 1.69. The molecule has 1 atom stereocenters. The molecule has 1 N–H and O–H groups in total. The highest BCUT2D eigenvalue weighted by molar-refractivity contribution is 5.51. The maximum absolute atomic E-state index is 9.17. The summed E-state index contributed by atoms with van der Waals surface area (Å²) in [5.74, 6) is 1.20. The fourth-order valence-corrected chi connectivity index (χ4v) is 2.85. The van der Waals surface area contributed by atoms with Crippen LogP contribution in [0.1, 0.15) is 31.6 Å². The van der Waals surface area contributed by atoms with Crippen LogP contribution in [0.2, 0.25) is 0 Å². The second-order valence-electron chi connectivity index (χ2n) is 5.39. The Morgan fingerprint density at radius 3 is 3.14 bits per heavy atom. The van der Waals surface area contributed by atoms with Gasteiger partial charge in [0.1, 0.15) is 0 Å². The van der Waals surface area contributed by atoms with Crippen LogP contribution in [0.5, 0.6) is 0 Å². The van der Waals surface area contributed by atoms with Crippen LogP contribution >= 0.6 is 0 Å². The van der Waals surface area contributed by atoms with Gasteiger partial charge in [-0.25, -0.2) is 0 Å². The van der Waals surface area contributed by atoms with Gasteiger partial charge in [0.15, 0.2) is 0 Å². The fraction of sp³-hybridized carbons (Fsp3) is 0.533. The predicted octanol–water partition coefficient (Wildman–Crippen LogP) is 1.87. The van der Waals surface area contributed by atoms with Crippen molar-refractivity contribution in [2.45, 2.75) is 38.3 Å². The second-order valence-corrected chi connectivity index (χ2v) is 5.39. The average Bonchev–Trinajstić information content (AvgIpc) is 2.99. The number of nitrogens with zero attached hydrogens (tertiary/aromatic N) is 4. The monoisotopic (exact) mass is 288 g/mol. The Morgan fingerprint density at radius 2 is 2.33 bits per heavy atom. The van der Waals surface area contributed by atoms with Gasteiger partial charge < -0.3 is 9.63 Å². The summed E-state index contributed by atoms with van der Waals surface area (Å²) < 4.78 is 5.36. The Labute approximate surface area is 123 Å². The van der Waals surface area contributed by atoms with Crippen molar-refractivity contribution in [2.24, 2.45) is 0 Å². The minimum atomic E-state index is 0.228. The zero-order chi connectivity index (χ0) is 14.5. The molecule has 1 unspecified atom stereocenters. The number of aliphatic hydroxyl groups is 1. The molecule has 21 heavy (non-hydrogen) atoms. The first-order valence-electron chi connectivity index (χ1n) is 7.44. The van der Waals surface area contributed by atoms with Crippen molar-refractivity contribution in [1.29, 1.82) is 0 Å². The molecule has 0 bridgehead atoms. The number of hydrogen-bond donors (Lipinski definition) is 1. The van der Waals surface area contributed by atoms with E-state index in [1.54, 1.807) is 12.4 Å². The minimum absolute atomic E-state index is 0.228. The molecule has 6 heteroatoms. The molecule has 6 nitrogen and oxygen atoms in total. The number of piperidine rings is 1. The topological polar surface area (TPSA) is 75.3 Å². The number of aromatic nitrogens is 3. The van der Waals surface area contributed by atoms with Crippen molar-refractivity contribution >= 4 is 0 Å². The lowest BCUT2D eigenvalue weighted by Crippen LogP contribution is -2.39. The van der Waals surface area contributed by atoms with Gasteiger partial charge in [0.05, 0.1) is 6.54 Å². The standard InChI is InChI=1S/C15H20N4O2/c20-9-6-13-5-1-2-8-19(13)11-14-17-15(18-21-14)12-4-3-7-16-10-12/h3-4,7,10,13,20H,1-2,5-6,8-9,11H2. The van der Waals surface area contributed by atoms with Gasteiger partial charge in [0.25, 0.3) is 0 Å². The highest BCUT2D eigenvalue weighted by atomic mass is 16.5. The van der Waals surface area contributed by atoms with E-state index in [-0.39, 0.29) is 6.61 Å². The van der Waals surface area contributed by atoms with E-state index in [0.29, 0.717) is 24.3 Å². The van der Waals surface area contributed by atoms with E-state index in [1.807, 2.05) is 12.1 Å². The van der Waals surface area contributed by atoms with Gasteiger partial charge in [-0.05, 0) is 37.9 Å². The molecule has 0 saturated carbocycles. The van der Waals surface area contributed by atoms with Crippen molar-refractivity contribution in [2.75, 3.05) is 13.2 Å². The summed E-state index contributed by atoms with van der Waals surface area (Å²) in [4.78, 5) is 10.8. The molecule has 3 rings (SSSR count). The van der Waals surface area contributed by atoms with E-state index in [2.05, 4.69) is 20.0 Å². The van der Waals surface area contributed by atoms with Crippen LogP contribution in [0.4, 0.5) is 0 Å². The predicted molar refractivity (Wildman–Crippen MR) is 77.3 cm³/mol. The minimum Gasteiger partial charge on any atom is -0.396 e. The molecular weight excluding hydrogens is 268 g/mol. The lowest BCUT2D eigenvalue weighted by atomic mass is 10.00. The van der Waals surface area contributed by atoms with E-state index < -0.39 is 0 Å². The summed E-state index contributed by atoms with van der Waals surface area (Å²) in [6.07, 6.45) is 7.80. The van der Waals surface area contributed by atoms with Crippen LogP contribution < -0.4 is 0 Å². The van der Waals surface area contributed by atoms with Gasteiger partial charge >= 0.3 is 0 Å². The van der Waals surface area contributed by atoms with Crippen LogP contribution in [0.3, 0.4) is 0 Å². The molecular formula is C15H20N4O2. The molecule has 1 fully saturated rings. The van der Waals surface area contributed by atoms with Gasteiger partial charge in [-0.1, -0.05) is 11.6 Å². The van der Waals surface area contributed by atoms with Crippen LogP contribution in [0, 0.1) is 0 Å². The molecule has 0 spiro atoms. The largest absolute Gasteiger partial charge is 0.396 e. The van der Waals surface area contributed by atoms with E-state index in [1.165, 1.54) is 12.8 Å². The molecule has 0 aromatic carbocycles. The summed E-state index contributed by atoms with van der Waals surface area (Å²) in [5.41, 5.74) is 0.859. The molecule has 0 amide bonds. The van der Waals surface area contributed by atoms with E-state index in [9.17, 15) is 5.11 Å². The highest BCUT2D eigenvalue weighted by Crippen LogP contribution is 2.22. The zero-order valence-electron chi connectivity index (χ0n) is 12.0. The molecule has 1 aliphatic rings. The van der Waals surface area contributed by atoms with Gasteiger partial charge in [0.2, 0.25) is 11.7 Å². The van der Waals surface area contributed by atoms with Gasteiger partial charge in [-0.2, -0.15) is 4.98 Å². The van der Waals surface area contributed by atoms with E-state index in [0.717, 1.165) is 24.9 Å². The van der Waals surface area contributed by atoms with Crippen LogP contribution in [-0.4, -0.2) is 44.3 Å². The molecule has 2 aromatic rings. The molecule has 2 aromatic heterocycles. The highest BCUT2D eigenvalue weighted by Gasteiger charge is 2.23. The maximum Gasteiger partial charge on any atom is 0.241 e. The SMILES string of the molecule is OCCC1CCCCN1Cc1nc(-c2cccnc2)no1. The first kappa shape index (κ1) is 14.2. The average molecular weight is 288 g/mol. The third-order valence-corrected chi connectivity index (χ3v) is 3.94. The van der Waals surface area contributed by atoms with Crippen molar-refractivity contribution < 1.29 is 9.63 Å². The molecule has 1 saturated heterocycles. The lowest BCUT2D eigenvalue weighted by Gasteiger charge is -2.34. The third-order valence-electron chi connectivity index (χ3n) is 3.94. The van der Waals surface area contributed by atoms with Crippen molar-refractivity contribution in [1.82, 2.24) is 20.0 Å². The van der Waals surface area contributed by atoms with Crippen LogP contribution in [0.25, 0.3) is 11.4 Å².